The lowest BCUT2D eigenvalue weighted by molar-refractivity contribution is 0.0925. The number of ether oxygens (including phenoxy) is 1. The monoisotopic (exact) mass is 305 g/mol. The Bertz CT molecular complexity index is 564. The van der Waals surface area contributed by atoms with E-state index in [0.717, 1.165) is 43.3 Å². The number of carbonyl (C=O) groups is 1. The molecule has 0 aromatic carbocycles. The van der Waals surface area contributed by atoms with Crippen LogP contribution in [0.15, 0.2) is 12.1 Å². The van der Waals surface area contributed by atoms with Gasteiger partial charge in [-0.15, -0.1) is 0 Å². The van der Waals surface area contributed by atoms with Crippen LogP contribution in [0, 0.1) is 0 Å². The standard InChI is InChI=1S/C16H23N3O3/c1-3-13-10-22-7-6-19(13)14-5-4-12-9-18(16(20)21)8-11(2)15(12)17-14/h4-5,11,13H,3,6-10H2,1-2H3,(H,20,21)/t11-,13-/m1/s1. The molecule has 6 nitrogen and oxygen atoms in total. The minimum Gasteiger partial charge on any atom is -0.465 e. The molecule has 0 spiro atoms. The number of amides is 1. The van der Waals surface area contributed by atoms with Crippen molar-refractivity contribution in [3.63, 3.8) is 0 Å². The lowest BCUT2D eigenvalue weighted by Gasteiger charge is -2.37. The predicted octanol–water partition coefficient (Wildman–Crippen LogP) is 2.29. The molecule has 6 heteroatoms. The van der Waals surface area contributed by atoms with Gasteiger partial charge >= 0.3 is 6.09 Å². The molecule has 1 aromatic heterocycles. The smallest absolute Gasteiger partial charge is 0.407 e. The van der Waals surface area contributed by atoms with Crippen LogP contribution < -0.4 is 4.90 Å². The fourth-order valence-corrected chi connectivity index (χ4v) is 3.34. The number of nitrogens with zero attached hydrogens (tertiary/aromatic N) is 3. The van der Waals surface area contributed by atoms with E-state index >= 15 is 0 Å². The Morgan fingerprint density at radius 1 is 1.50 bits per heavy atom. The fraction of sp³-hybridized carbons (Fsp3) is 0.625. The molecule has 3 rings (SSSR count). The summed E-state index contributed by atoms with van der Waals surface area (Å²) in [5.74, 6) is 1.12. The summed E-state index contributed by atoms with van der Waals surface area (Å²) in [6, 6.07) is 4.42. The van der Waals surface area contributed by atoms with Crippen molar-refractivity contribution in [2.24, 2.45) is 0 Å². The summed E-state index contributed by atoms with van der Waals surface area (Å²) in [6.45, 7) is 7.50. The second kappa shape index (κ2) is 6.12. The Balaban J connectivity index is 1.88. The van der Waals surface area contributed by atoms with Gasteiger partial charge in [0.05, 0.1) is 31.5 Å². The molecule has 0 saturated carbocycles. The van der Waals surface area contributed by atoms with E-state index in [-0.39, 0.29) is 5.92 Å². The minimum atomic E-state index is -0.860. The van der Waals surface area contributed by atoms with Crippen LogP contribution in [-0.4, -0.2) is 53.4 Å². The largest absolute Gasteiger partial charge is 0.465 e. The molecule has 3 heterocycles. The number of aromatic nitrogens is 1. The highest BCUT2D eigenvalue weighted by atomic mass is 16.5. The first-order valence-electron chi connectivity index (χ1n) is 7.92. The van der Waals surface area contributed by atoms with Crippen LogP contribution in [0.25, 0.3) is 0 Å². The van der Waals surface area contributed by atoms with Crippen molar-refractivity contribution >= 4 is 11.9 Å². The van der Waals surface area contributed by atoms with Gasteiger partial charge < -0.3 is 19.6 Å². The maximum Gasteiger partial charge on any atom is 0.407 e. The highest BCUT2D eigenvalue weighted by Gasteiger charge is 2.29. The Hall–Kier alpha value is -1.82. The van der Waals surface area contributed by atoms with Crippen molar-refractivity contribution < 1.29 is 14.6 Å². The lowest BCUT2D eigenvalue weighted by atomic mass is 9.96. The molecule has 1 saturated heterocycles. The predicted molar refractivity (Wildman–Crippen MR) is 83.3 cm³/mol. The molecular formula is C16H23N3O3. The number of morpholine rings is 1. The van der Waals surface area contributed by atoms with E-state index in [1.165, 1.54) is 4.90 Å². The molecule has 2 atom stereocenters. The van der Waals surface area contributed by atoms with Gasteiger partial charge in [0, 0.05) is 19.0 Å². The SMILES string of the molecule is CC[C@@H]1COCCN1c1ccc2c(n1)[C@H](C)CN(C(=O)O)C2. The summed E-state index contributed by atoms with van der Waals surface area (Å²) in [4.78, 5) is 19.8. The quantitative estimate of drug-likeness (QED) is 0.908. The van der Waals surface area contributed by atoms with Gasteiger partial charge in [0.25, 0.3) is 0 Å². The van der Waals surface area contributed by atoms with E-state index in [9.17, 15) is 9.90 Å². The Morgan fingerprint density at radius 2 is 2.32 bits per heavy atom. The van der Waals surface area contributed by atoms with E-state index in [1.54, 1.807) is 0 Å². The average Bonchev–Trinajstić information content (AvgIpc) is 2.54. The number of hydrogen-bond acceptors (Lipinski definition) is 4. The molecule has 2 aliphatic heterocycles. The van der Waals surface area contributed by atoms with Gasteiger partial charge in [-0.05, 0) is 18.1 Å². The molecule has 120 valence electrons. The van der Waals surface area contributed by atoms with Crippen LogP contribution in [0.4, 0.5) is 10.6 Å². The third-order valence-corrected chi connectivity index (χ3v) is 4.58. The van der Waals surface area contributed by atoms with E-state index < -0.39 is 6.09 Å². The third kappa shape index (κ3) is 2.75. The number of pyridine rings is 1. The van der Waals surface area contributed by atoms with Gasteiger partial charge in [-0.25, -0.2) is 9.78 Å². The number of hydrogen-bond donors (Lipinski definition) is 1. The summed E-state index contributed by atoms with van der Waals surface area (Å²) in [5, 5.41) is 9.19. The Labute approximate surface area is 130 Å². The highest BCUT2D eigenvalue weighted by molar-refractivity contribution is 5.65. The van der Waals surface area contributed by atoms with E-state index in [2.05, 4.69) is 11.8 Å². The van der Waals surface area contributed by atoms with E-state index in [0.29, 0.717) is 19.1 Å². The van der Waals surface area contributed by atoms with Crippen LogP contribution in [0.2, 0.25) is 0 Å². The summed E-state index contributed by atoms with van der Waals surface area (Å²) in [6.07, 6.45) is 0.169. The highest BCUT2D eigenvalue weighted by Crippen LogP contribution is 2.29. The van der Waals surface area contributed by atoms with Crippen molar-refractivity contribution in [3.8, 4) is 0 Å². The molecule has 22 heavy (non-hydrogen) atoms. The van der Waals surface area contributed by atoms with Gasteiger partial charge in [0.1, 0.15) is 5.82 Å². The van der Waals surface area contributed by atoms with Crippen LogP contribution in [-0.2, 0) is 11.3 Å². The van der Waals surface area contributed by atoms with Crippen molar-refractivity contribution in [1.82, 2.24) is 9.88 Å². The molecule has 0 radical (unpaired) electrons. The summed E-state index contributed by atoms with van der Waals surface area (Å²) >= 11 is 0. The average molecular weight is 305 g/mol. The molecule has 0 aliphatic carbocycles. The molecule has 1 amide bonds. The number of carboxylic acid groups (broad SMARTS) is 1. The first kappa shape index (κ1) is 15.1. The van der Waals surface area contributed by atoms with Crippen LogP contribution in [0.1, 0.15) is 37.4 Å². The Kier molecular flexibility index (Phi) is 4.20. The number of fused-ring (bicyclic) bond motifs is 1. The zero-order valence-corrected chi connectivity index (χ0v) is 13.2. The fourth-order valence-electron chi connectivity index (χ4n) is 3.34. The Morgan fingerprint density at radius 3 is 3.05 bits per heavy atom. The zero-order valence-electron chi connectivity index (χ0n) is 13.2. The van der Waals surface area contributed by atoms with Gasteiger partial charge in [0.2, 0.25) is 0 Å². The first-order chi connectivity index (χ1) is 10.6. The van der Waals surface area contributed by atoms with Gasteiger partial charge in [-0.3, -0.25) is 0 Å². The second-order valence-corrected chi connectivity index (χ2v) is 6.11. The third-order valence-electron chi connectivity index (χ3n) is 4.58. The molecule has 1 N–H and O–H groups in total. The lowest BCUT2D eigenvalue weighted by Crippen LogP contribution is -2.46. The van der Waals surface area contributed by atoms with Crippen molar-refractivity contribution in [3.05, 3.63) is 23.4 Å². The molecule has 0 bridgehead atoms. The normalized spacial score (nSPS) is 25.0. The van der Waals surface area contributed by atoms with Crippen LogP contribution in [0.5, 0.6) is 0 Å². The van der Waals surface area contributed by atoms with E-state index in [1.807, 2.05) is 19.1 Å². The first-order valence-corrected chi connectivity index (χ1v) is 7.92. The van der Waals surface area contributed by atoms with Crippen molar-refractivity contribution in [1.29, 1.82) is 0 Å². The molecule has 0 unspecified atom stereocenters. The maximum absolute atomic E-state index is 11.2. The second-order valence-electron chi connectivity index (χ2n) is 6.11. The summed E-state index contributed by atoms with van der Waals surface area (Å²) in [5.41, 5.74) is 2.06. The van der Waals surface area contributed by atoms with Gasteiger partial charge in [0.15, 0.2) is 0 Å². The van der Waals surface area contributed by atoms with Gasteiger partial charge in [-0.2, -0.15) is 0 Å². The zero-order chi connectivity index (χ0) is 15.7. The number of rotatable bonds is 2. The summed E-state index contributed by atoms with van der Waals surface area (Å²) in [7, 11) is 0. The minimum absolute atomic E-state index is 0.126. The molecule has 2 aliphatic rings. The topological polar surface area (TPSA) is 65.9 Å². The van der Waals surface area contributed by atoms with Crippen LogP contribution in [0.3, 0.4) is 0 Å². The molecule has 1 fully saturated rings. The van der Waals surface area contributed by atoms with Crippen molar-refractivity contribution in [2.45, 2.75) is 38.8 Å². The molecule has 1 aromatic rings. The molecular weight excluding hydrogens is 282 g/mol. The van der Waals surface area contributed by atoms with E-state index in [4.69, 9.17) is 9.72 Å². The maximum atomic E-state index is 11.2. The summed E-state index contributed by atoms with van der Waals surface area (Å²) < 4.78 is 5.56. The van der Waals surface area contributed by atoms with Crippen LogP contribution >= 0.6 is 0 Å². The van der Waals surface area contributed by atoms with Crippen molar-refractivity contribution in [2.75, 3.05) is 31.2 Å². The number of anilines is 1. The van der Waals surface area contributed by atoms with Gasteiger partial charge in [-0.1, -0.05) is 19.9 Å².